The van der Waals surface area contributed by atoms with E-state index in [1.54, 1.807) is 0 Å². The normalized spacial score (nSPS) is 19.0. The predicted molar refractivity (Wildman–Crippen MR) is 71.6 cm³/mol. The Bertz CT molecular complexity index is 428. The average Bonchev–Trinajstić information content (AvgIpc) is 2.35. The molecule has 2 rings (SSSR count). The molecule has 0 saturated heterocycles. The Morgan fingerprint density at radius 2 is 2.17 bits per heavy atom. The van der Waals surface area contributed by atoms with Gasteiger partial charge in [0.15, 0.2) is 0 Å². The number of hydrogen-bond acceptors (Lipinski definition) is 2. The minimum atomic E-state index is -0.744. The lowest BCUT2D eigenvalue weighted by Gasteiger charge is -2.37. The highest BCUT2D eigenvalue weighted by atomic mass is 16.4. The van der Waals surface area contributed by atoms with Gasteiger partial charge in [-0.15, -0.1) is 0 Å². The zero-order valence-corrected chi connectivity index (χ0v) is 11.1. The first-order valence-electron chi connectivity index (χ1n) is 6.65. The molecular weight excluding hydrogens is 226 g/mol. The molecule has 0 saturated carbocycles. The summed E-state index contributed by atoms with van der Waals surface area (Å²) in [6.45, 7) is 4.26. The number of carboxylic acids is 1. The lowest BCUT2D eigenvalue weighted by Crippen LogP contribution is -2.40. The Morgan fingerprint density at radius 3 is 2.83 bits per heavy atom. The van der Waals surface area contributed by atoms with E-state index in [2.05, 4.69) is 43.0 Å². The summed E-state index contributed by atoms with van der Waals surface area (Å²) in [5.74, 6) is -0.744. The minimum absolute atomic E-state index is 0.122. The van der Waals surface area contributed by atoms with Crippen molar-refractivity contribution in [2.45, 2.75) is 45.2 Å². The first-order valence-corrected chi connectivity index (χ1v) is 6.65. The van der Waals surface area contributed by atoms with Crippen LogP contribution >= 0.6 is 0 Å². The predicted octanol–water partition coefficient (Wildman–Crippen LogP) is 2.86. The topological polar surface area (TPSA) is 40.5 Å². The summed E-state index contributed by atoms with van der Waals surface area (Å²) in [5, 5.41) is 9.07. The molecule has 18 heavy (non-hydrogen) atoms. The van der Waals surface area contributed by atoms with E-state index < -0.39 is 5.97 Å². The summed E-state index contributed by atoms with van der Waals surface area (Å²) >= 11 is 0. The Hall–Kier alpha value is -1.35. The summed E-state index contributed by atoms with van der Waals surface area (Å²) in [7, 11) is 0. The molecule has 1 aliphatic carbocycles. The molecule has 0 aliphatic heterocycles. The highest BCUT2D eigenvalue weighted by Gasteiger charge is 2.28. The number of aliphatic carboxylic acids is 1. The number of rotatable bonds is 4. The second kappa shape index (κ2) is 5.53. The number of fused-ring (bicyclic) bond motifs is 1. The number of carboxylic acid groups (broad SMARTS) is 1. The van der Waals surface area contributed by atoms with E-state index in [1.807, 2.05) is 0 Å². The first kappa shape index (κ1) is 13.1. The second-order valence-electron chi connectivity index (χ2n) is 5.27. The van der Waals surface area contributed by atoms with Gasteiger partial charge in [-0.1, -0.05) is 24.3 Å². The summed E-state index contributed by atoms with van der Waals surface area (Å²) in [5.41, 5.74) is 2.70. The molecule has 3 nitrogen and oxygen atoms in total. The molecule has 0 radical (unpaired) electrons. The van der Waals surface area contributed by atoms with E-state index in [-0.39, 0.29) is 18.6 Å². The van der Waals surface area contributed by atoms with Gasteiger partial charge in [-0.05, 0) is 44.2 Å². The molecule has 1 unspecified atom stereocenters. The van der Waals surface area contributed by atoms with Crippen molar-refractivity contribution >= 4 is 5.97 Å². The molecule has 1 aromatic carbocycles. The van der Waals surface area contributed by atoms with Gasteiger partial charge in [0.25, 0.3) is 0 Å². The van der Waals surface area contributed by atoms with Gasteiger partial charge >= 0.3 is 5.97 Å². The maximum atomic E-state index is 11.0. The van der Waals surface area contributed by atoms with Crippen molar-refractivity contribution in [3.63, 3.8) is 0 Å². The molecule has 1 N–H and O–H groups in total. The van der Waals surface area contributed by atoms with Crippen LogP contribution in [0.25, 0.3) is 0 Å². The minimum Gasteiger partial charge on any atom is -0.480 e. The maximum absolute atomic E-state index is 11.0. The van der Waals surface area contributed by atoms with E-state index in [9.17, 15) is 4.79 Å². The first-order chi connectivity index (χ1) is 8.59. The summed E-state index contributed by atoms with van der Waals surface area (Å²) in [6.07, 6.45) is 3.32. The Labute approximate surface area is 108 Å². The van der Waals surface area contributed by atoms with Gasteiger partial charge < -0.3 is 5.11 Å². The SMILES string of the molecule is CC(C)N(CC(=O)O)C1CCCc2ccccc21. The average molecular weight is 247 g/mol. The Kier molecular flexibility index (Phi) is 4.02. The van der Waals surface area contributed by atoms with E-state index in [0.717, 1.165) is 19.3 Å². The maximum Gasteiger partial charge on any atom is 0.317 e. The number of hydrogen-bond donors (Lipinski definition) is 1. The van der Waals surface area contributed by atoms with Gasteiger partial charge in [-0.25, -0.2) is 0 Å². The number of aryl methyl sites for hydroxylation is 1. The van der Waals surface area contributed by atoms with Crippen molar-refractivity contribution in [1.29, 1.82) is 0 Å². The molecule has 0 amide bonds. The van der Waals surface area contributed by atoms with Crippen molar-refractivity contribution in [2.75, 3.05) is 6.54 Å². The molecule has 1 atom stereocenters. The zero-order chi connectivity index (χ0) is 13.1. The van der Waals surface area contributed by atoms with Crippen molar-refractivity contribution in [2.24, 2.45) is 0 Å². The smallest absolute Gasteiger partial charge is 0.317 e. The van der Waals surface area contributed by atoms with Gasteiger partial charge in [0.2, 0.25) is 0 Å². The molecule has 98 valence electrons. The Balaban J connectivity index is 2.29. The summed E-state index contributed by atoms with van der Waals surface area (Å²) < 4.78 is 0. The van der Waals surface area contributed by atoms with Gasteiger partial charge in [0, 0.05) is 12.1 Å². The van der Waals surface area contributed by atoms with E-state index >= 15 is 0 Å². The summed E-state index contributed by atoms with van der Waals surface area (Å²) in [6, 6.07) is 8.94. The van der Waals surface area contributed by atoms with Gasteiger partial charge in [-0.3, -0.25) is 9.69 Å². The molecule has 0 bridgehead atoms. The number of carbonyl (C=O) groups is 1. The quantitative estimate of drug-likeness (QED) is 0.889. The van der Waals surface area contributed by atoms with Crippen LogP contribution in [-0.4, -0.2) is 28.6 Å². The molecule has 0 aromatic heterocycles. The third-order valence-electron chi connectivity index (χ3n) is 3.72. The lowest BCUT2D eigenvalue weighted by atomic mass is 9.86. The van der Waals surface area contributed by atoms with Crippen LogP contribution < -0.4 is 0 Å². The van der Waals surface area contributed by atoms with Crippen molar-refractivity contribution in [3.8, 4) is 0 Å². The lowest BCUT2D eigenvalue weighted by molar-refractivity contribution is -0.139. The Morgan fingerprint density at radius 1 is 1.44 bits per heavy atom. The molecule has 3 heteroatoms. The molecule has 0 fully saturated rings. The third-order valence-corrected chi connectivity index (χ3v) is 3.72. The zero-order valence-electron chi connectivity index (χ0n) is 11.1. The number of benzene rings is 1. The van der Waals surface area contributed by atoms with Crippen LogP contribution in [0.2, 0.25) is 0 Å². The molecule has 1 aliphatic rings. The van der Waals surface area contributed by atoms with E-state index in [1.165, 1.54) is 11.1 Å². The van der Waals surface area contributed by atoms with Gasteiger partial charge in [-0.2, -0.15) is 0 Å². The van der Waals surface area contributed by atoms with E-state index in [4.69, 9.17) is 5.11 Å². The highest BCUT2D eigenvalue weighted by Crippen LogP contribution is 2.35. The fraction of sp³-hybridized carbons (Fsp3) is 0.533. The standard InChI is InChI=1S/C15H21NO2/c1-11(2)16(10-15(17)18)14-9-5-7-12-6-3-4-8-13(12)14/h3-4,6,8,11,14H,5,7,9-10H2,1-2H3,(H,17,18). The number of nitrogens with zero attached hydrogens (tertiary/aromatic N) is 1. The fourth-order valence-electron chi connectivity index (χ4n) is 2.88. The summed E-state index contributed by atoms with van der Waals surface area (Å²) in [4.78, 5) is 13.1. The van der Waals surface area contributed by atoms with Crippen LogP contribution in [0.4, 0.5) is 0 Å². The van der Waals surface area contributed by atoms with Crippen LogP contribution in [0, 0.1) is 0 Å². The van der Waals surface area contributed by atoms with Gasteiger partial charge in [0.1, 0.15) is 0 Å². The van der Waals surface area contributed by atoms with E-state index in [0.29, 0.717) is 0 Å². The van der Waals surface area contributed by atoms with Crippen LogP contribution in [-0.2, 0) is 11.2 Å². The molecule has 0 heterocycles. The second-order valence-corrected chi connectivity index (χ2v) is 5.27. The molecule has 1 aromatic rings. The third kappa shape index (κ3) is 2.72. The van der Waals surface area contributed by atoms with Crippen LogP contribution in [0.15, 0.2) is 24.3 Å². The molecule has 0 spiro atoms. The van der Waals surface area contributed by atoms with Crippen LogP contribution in [0.5, 0.6) is 0 Å². The fourth-order valence-corrected chi connectivity index (χ4v) is 2.88. The largest absolute Gasteiger partial charge is 0.480 e. The van der Waals surface area contributed by atoms with Crippen molar-refractivity contribution in [3.05, 3.63) is 35.4 Å². The molecular formula is C15H21NO2. The monoisotopic (exact) mass is 247 g/mol. The van der Waals surface area contributed by atoms with Crippen LogP contribution in [0.1, 0.15) is 43.9 Å². The van der Waals surface area contributed by atoms with Crippen LogP contribution in [0.3, 0.4) is 0 Å². The van der Waals surface area contributed by atoms with Crippen molar-refractivity contribution < 1.29 is 9.90 Å². The van der Waals surface area contributed by atoms with Crippen molar-refractivity contribution in [1.82, 2.24) is 4.90 Å². The van der Waals surface area contributed by atoms with Gasteiger partial charge in [0.05, 0.1) is 6.54 Å². The highest BCUT2D eigenvalue weighted by molar-refractivity contribution is 5.69.